The van der Waals surface area contributed by atoms with Crippen LogP contribution in [0.4, 0.5) is 0 Å². The third kappa shape index (κ3) is 3.05. The summed E-state index contributed by atoms with van der Waals surface area (Å²) in [4.78, 5) is 13.1. The van der Waals surface area contributed by atoms with Crippen LogP contribution in [0.25, 0.3) is 26.7 Å². The van der Waals surface area contributed by atoms with Crippen LogP contribution < -0.4 is 5.56 Å². The zero-order valence-electron chi connectivity index (χ0n) is 14.5. The van der Waals surface area contributed by atoms with Crippen molar-refractivity contribution in [1.82, 2.24) is 4.40 Å². The first-order valence-corrected chi connectivity index (χ1v) is 9.34. The van der Waals surface area contributed by atoms with E-state index in [1.54, 1.807) is 22.8 Å². The third-order valence-corrected chi connectivity index (χ3v) is 5.34. The molecule has 0 amide bonds. The molecule has 4 rings (SSSR count). The largest absolute Gasteiger partial charge is 0.382 e. The molecular formula is C21H19NO3S. The standard InChI is InChI=1S/C21H19NO3S/c1-24-10-11-25-14-17-13-18(15-5-3-2-4-6-15)21(23)22-9-7-16-8-12-26-20(16)19(17)22/h2-9,12-13H,10-11,14H2,1H3. The Labute approximate surface area is 155 Å². The van der Waals surface area contributed by atoms with E-state index < -0.39 is 0 Å². The van der Waals surface area contributed by atoms with Crippen molar-refractivity contribution in [3.8, 4) is 11.1 Å². The molecule has 0 spiro atoms. The zero-order valence-corrected chi connectivity index (χ0v) is 15.3. The molecule has 0 aliphatic rings. The van der Waals surface area contributed by atoms with Gasteiger partial charge in [0.05, 0.1) is 30.0 Å². The molecule has 4 aromatic rings. The molecule has 0 unspecified atom stereocenters. The summed E-state index contributed by atoms with van der Waals surface area (Å²) < 4.78 is 13.7. The van der Waals surface area contributed by atoms with Crippen LogP contribution in [-0.2, 0) is 16.1 Å². The molecule has 26 heavy (non-hydrogen) atoms. The van der Waals surface area contributed by atoms with Gasteiger partial charge in [-0.2, -0.15) is 0 Å². The number of rotatable bonds is 6. The Balaban J connectivity index is 1.93. The predicted molar refractivity (Wildman–Crippen MR) is 106 cm³/mol. The number of benzene rings is 1. The Kier molecular flexibility index (Phi) is 4.84. The summed E-state index contributed by atoms with van der Waals surface area (Å²) in [6, 6.07) is 15.8. The van der Waals surface area contributed by atoms with Gasteiger partial charge in [0.2, 0.25) is 0 Å². The summed E-state index contributed by atoms with van der Waals surface area (Å²) in [5.74, 6) is 0. The van der Waals surface area contributed by atoms with E-state index in [4.69, 9.17) is 9.47 Å². The summed E-state index contributed by atoms with van der Waals surface area (Å²) in [5, 5.41) is 3.19. The van der Waals surface area contributed by atoms with Crippen LogP contribution in [0.3, 0.4) is 0 Å². The quantitative estimate of drug-likeness (QED) is 0.477. The molecular weight excluding hydrogens is 346 g/mol. The topological polar surface area (TPSA) is 39.9 Å². The number of fused-ring (bicyclic) bond motifs is 3. The molecule has 0 bridgehead atoms. The van der Waals surface area contributed by atoms with Crippen LogP contribution >= 0.6 is 11.3 Å². The van der Waals surface area contributed by atoms with Gasteiger partial charge in [-0.3, -0.25) is 9.20 Å². The van der Waals surface area contributed by atoms with E-state index in [-0.39, 0.29) is 5.56 Å². The van der Waals surface area contributed by atoms with Crippen LogP contribution in [0.15, 0.2) is 64.9 Å². The Morgan fingerprint density at radius 3 is 2.73 bits per heavy atom. The summed E-state index contributed by atoms with van der Waals surface area (Å²) in [7, 11) is 1.66. The van der Waals surface area contributed by atoms with E-state index in [1.165, 1.54) is 0 Å². The molecule has 132 valence electrons. The lowest BCUT2D eigenvalue weighted by Gasteiger charge is -2.13. The van der Waals surface area contributed by atoms with Crippen LogP contribution in [0.1, 0.15) is 5.56 Å². The van der Waals surface area contributed by atoms with Crippen molar-refractivity contribution in [2.75, 3.05) is 20.3 Å². The fourth-order valence-electron chi connectivity index (χ4n) is 3.14. The maximum Gasteiger partial charge on any atom is 0.263 e. The monoisotopic (exact) mass is 365 g/mol. The second kappa shape index (κ2) is 7.41. The minimum absolute atomic E-state index is 0.0119. The van der Waals surface area contributed by atoms with Crippen molar-refractivity contribution >= 4 is 26.9 Å². The zero-order chi connectivity index (χ0) is 17.9. The van der Waals surface area contributed by atoms with Crippen molar-refractivity contribution in [3.05, 3.63) is 76.0 Å². The first kappa shape index (κ1) is 17.0. The molecule has 4 nitrogen and oxygen atoms in total. The molecule has 5 heteroatoms. The predicted octanol–water partition coefficient (Wildman–Crippen LogP) is 4.34. The number of hydrogen-bond donors (Lipinski definition) is 0. The maximum atomic E-state index is 13.1. The van der Waals surface area contributed by atoms with Crippen molar-refractivity contribution in [2.45, 2.75) is 6.61 Å². The number of ether oxygens (including phenoxy) is 2. The molecule has 0 N–H and O–H groups in total. The molecule has 0 saturated heterocycles. The summed E-state index contributed by atoms with van der Waals surface area (Å²) in [5.41, 5.74) is 3.52. The highest BCUT2D eigenvalue weighted by molar-refractivity contribution is 7.18. The highest BCUT2D eigenvalue weighted by atomic mass is 32.1. The molecule has 0 radical (unpaired) electrons. The summed E-state index contributed by atoms with van der Waals surface area (Å²) >= 11 is 1.65. The Hall–Kier alpha value is -2.47. The van der Waals surface area contributed by atoms with Crippen molar-refractivity contribution in [1.29, 1.82) is 0 Å². The number of pyridine rings is 2. The molecule has 3 aromatic heterocycles. The third-order valence-electron chi connectivity index (χ3n) is 4.40. The molecule has 0 aliphatic carbocycles. The van der Waals surface area contributed by atoms with E-state index in [0.29, 0.717) is 25.4 Å². The minimum Gasteiger partial charge on any atom is -0.382 e. The second-order valence-electron chi connectivity index (χ2n) is 6.04. The lowest BCUT2D eigenvalue weighted by atomic mass is 10.0. The molecule has 3 heterocycles. The van der Waals surface area contributed by atoms with Crippen LogP contribution in [0.5, 0.6) is 0 Å². The minimum atomic E-state index is -0.0119. The smallest absolute Gasteiger partial charge is 0.263 e. The van der Waals surface area contributed by atoms with E-state index in [1.807, 2.05) is 48.7 Å². The second-order valence-corrected chi connectivity index (χ2v) is 6.96. The van der Waals surface area contributed by atoms with Crippen LogP contribution in [-0.4, -0.2) is 24.7 Å². The molecule has 1 aromatic carbocycles. The SMILES string of the molecule is COCCOCc1cc(-c2ccccc2)c(=O)n2ccc3ccsc3c12. The van der Waals surface area contributed by atoms with Gasteiger partial charge in [0.15, 0.2) is 0 Å². The van der Waals surface area contributed by atoms with Gasteiger partial charge in [-0.25, -0.2) is 0 Å². The van der Waals surface area contributed by atoms with E-state index in [0.717, 1.165) is 26.7 Å². The number of hydrogen-bond acceptors (Lipinski definition) is 4. The highest BCUT2D eigenvalue weighted by Gasteiger charge is 2.14. The highest BCUT2D eigenvalue weighted by Crippen LogP contribution is 2.29. The average molecular weight is 365 g/mol. The number of methoxy groups -OCH3 is 1. The fraction of sp³-hybridized carbons (Fsp3) is 0.190. The van der Waals surface area contributed by atoms with Gasteiger partial charge in [-0.05, 0) is 34.5 Å². The van der Waals surface area contributed by atoms with Gasteiger partial charge in [-0.1, -0.05) is 30.3 Å². The summed E-state index contributed by atoms with van der Waals surface area (Å²) in [6.07, 6.45) is 1.86. The fourth-order valence-corrected chi connectivity index (χ4v) is 4.11. The average Bonchev–Trinajstić information content (AvgIpc) is 3.16. The normalized spacial score (nSPS) is 11.4. The lowest BCUT2D eigenvalue weighted by molar-refractivity contribution is 0.0620. The molecule has 0 saturated carbocycles. The van der Waals surface area contributed by atoms with E-state index >= 15 is 0 Å². The molecule has 0 atom stereocenters. The van der Waals surface area contributed by atoms with Gasteiger partial charge in [0, 0.05) is 24.4 Å². The number of nitrogens with zero attached hydrogens (tertiary/aromatic N) is 1. The Morgan fingerprint density at radius 2 is 1.92 bits per heavy atom. The van der Waals surface area contributed by atoms with Gasteiger partial charge in [0.1, 0.15) is 0 Å². The van der Waals surface area contributed by atoms with E-state index in [2.05, 4.69) is 11.4 Å². The van der Waals surface area contributed by atoms with Crippen molar-refractivity contribution < 1.29 is 9.47 Å². The molecule has 0 fully saturated rings. The first-order chi connectivity index (χ1) is 12.8. The van der Waals surface area contributed by atoms with Crippen molar-refractivity contribution in [2.24, 2.45) is 0 Å². The molecule has 0 aliphatic heterocycles. The number of thiophene rings is 1. The van der Waals surface area contributed by atoms with E-state index in [9.17, 15) is 4.79 Å². The first-order valence-electron chi connectivity index (χ1n) is 8.46. The van der Waals surface area contributed by atoms with Gasteiger partial charge >= 0.3 is 0 Å². The Morgan fingerprint density at radius 1 is 1.08 bits per heavy atom. The van der Waals surface area contributed by atoms with Gasteiger partial charge in [0.25, 0.3) is 5.56 Å². The van der Waals surface area contributed by atoms with Crippen molar-refractivity contribution in [3.63, 3.8) is 0 Å². The van der Waals surface area contributed by atoms with Crippen LogP contribution in [0.2, 0.25) is 0 Å². The van der Waals surface area contributed by atoms with Gasteiger partial charge < -0.3 is 9.47 Å². The summed E-state index contributed by atoms with van der Waals surface area (Å²) in [6.45, 7) is 1.50. The number of aromatic nitrogens is 1. The lowest BCUT2D eigenvalue weighted by Crippen LogP contribution is -2.17. The van der Waals surface area contributed by atoms with Crippen LogP contribution in [0, 0.1) is 0 Å². The van der Waals surface area contributed by atoms with Gasteiger partial charge in [-0.15, -0.1) is 11.3 Å². The Bertz CT molecular complexity index is 1100. The maximum absolute atomic E-state index is 13.1.